The lowest BCUT2D eigenvalue weighted by atomic mass is 9.99. The van der Waals surface area contributed by atoms with Gasteiger partial charge in [0.1, 0.15) is 6.04 Å². The number of thioether (sulfide) groups is 1. The largest absolute Gasteiger partial charge is 0.393 e. The van der Waals surface area contributed by atoms with Crippen molar-refractivity contribution in [3.8, 4) is 0 Å². The molecule has 1 unspecified atom stereocenters. The lowest BCUT2D eigenvalue weighted by molar-refractivity contribution is -0.136. The fourth-order valence-corrected chi connectivity index (χ4v) is 8.13. The molecule has 0 aromatic heterocycles. The number of hydrogen-bond acceptors (Lipinski definition) is 9. The van der Waals surface area contributed by atoms with Crippen LogP contribution in [0.5, 0.6) is 0 Å². The first kappa shape index (κ1) is 59.0. The molecule has 368 valence electrons. The average molecular weight is 1090 g/mol. The van der Waals surface area contributed by atoms with E-state index >= 15 is 0 Å². The van der Waals surface area contributed by atoms with Gasteiger partial charge in [0.25, 0.3) is 5.91 Å². The summed E-state index contributed by atoms with van der Waals surface area (Å²) in [4.78, 5) is 38.4. The van der Waals surface area contributed by atoms with Gasteiger partial charge in [0.05, 0.1) is 24.2 Å². The van der Waals surface area contributed by atoms with E-state index in [1.165, 1.54) is 11.8 Å². The summed E-state index contributed by atoms with van der Waals surface area (Å²) in [5, 5.41) is 21.8. The number of amides is 3. The molecule has 0 aliphatic carbocycles. The number of piperidine rings is 1. The van der Waals surface area contributed by atoms with Crippen LogP contribution in [0.15, 0.2) is 95.4 Å². The van der Waals surface area contributed by atoms with Gasteiger partial charge in [0.15, 0.2) is 0 Å². The standard InChI is InChI=1S/C24H24ClN3O3.C10H12ClNS.C9H10ClNS.C7H6ClNS.CH3F.ClH/c1-14-2-3-16(12-20(14)25)11-18(26)6-4-15-5-7-19-17(10-15)13-28(24(19)31)21-8-9-22(29)27-23(21)30;1-7-3-4-8(5-9(7)11)6-10(12)13-2;1-6-2-3-7(4-8(6)10)5-9(11)12;1-5-2-3-6(9-10)4-7(5)8;1-2;/h2-3,5,7,10,12,21,26H,4,6,8-9,11,13H2,1H3,(H,27,29,30);3-5,12H,6H2,1-2H3;2-4H,5H2,1H3,(H2,11,12);2-4H,1H3;1H3;1H/i;;;;1D;. The molecule has 9 nitrogen and oxygen atoms in total. The SMILES string of the molecule is CSC(=N)Cc1ccc(C)c(Cl)c1.Cc1ccc(CC(=N)CCc2ccc3c(c2)CN(C2CCC(=O)NC2=O)C3=O)cc1Cl.Cc1ccc(CC(N)=S)cc1Cl.Cc1ccc(N=S)cc1Cl.Cl.[2H]CF. The number of alkyl halides is 1. The lowest BCUT2D eigenvalue weighted by Gasteiger charge is -2.29. The van der Waals surface area contributed by atoms with Crippen LogP contribution < -0.4 is 11.1 Å². The van der Waals surface area contributed by atoms with Gasteiger partial charge in [-0.15, -0.1) is 24.2 Å². The smallest absolute Gasteiger partial charge is 0.255 e. The average Bonchev–Trinajstić information content (AvgIpc) is 3.63. The maximum Gasteiger partial charge on any atom is 0.255 e. The van der Waals surface area contributed by atoms with E-state index in [4.69, 9.17) is 76.5 Å². The number of carbonyl (C=O) groups is 3. The molecule has 5 N–H and O–H groups in total. The highest BCUT2D eigenvalue weighted by molar-refractivity contribution is 8.13. The number of imide groups is 1. The molecule has 0 radical (unpaired) electrons. The van der Waals surface area contributed by atoms with Crippen molar-refractivity contribution in [2.24, 2.45) is 10.1 Å². The number of thiocarbonyl (C=S) groups is 1. The number of nitrogens with two attached hydrogens (primary N) is 1. The number of carbonyl (C=O) groups excluding carboxylic acids is 3. The summed E-state index contributed by atoms with van der Waals surface area (Å²) < 4.78 is 19.1. The van der Waals surface area contributed by atoms with E-state index in [1.54, 1.807) is 11.0 Å². The first-order chi connectivity index (χ1) is 32.7. The number of benzene rings is 5. The maximum atomic E-state index is 12.8. The molecule has 18 heteroatoms. The molecule has 2 heterocycles. The number of aryl methyl sites for hydroxylation is 5. The van der Waals surface area contributed by atoms with Gasteiger partial charge in [-0.3, -0.25) is 29.5 Å². The first-order valence-corrected chi connectivity index (χ1v) is 24.6. The van der Waals surface area contributed by atoms with Gasteiger partial charge < -0.3 is 16.0 Å². The predicted octanol–water partition coefficient (Wildman–Crippen LogP) is 13.6. The normalized spacial score (nSPS) is 13.4. The summed E-state index contributed by atoms with van der Waals surface area (Å²) in [6, 6.07) is 28.3. The summed E-state index contributed by atoms with van der Waals surface area (Å²) in [5.74, 6) is -0.856. The summed E-state index contributed by atoms with van der Waals surface area (Å²) in [7, 11) is -1.00. The maximum absolute atomic E-state index is 12.8. The minimum absolute atomic E-state index is 0. The zero-order chi connectivity index (χ0) is 51.4. The second kappa shape index (κ2) is 30.4. The molecule has 0 bridgehead atoms. The predicted molar refractivity (Wildman–Crippen MR) is 296 cm³/mol. The van der Waals surface area contributed by atoms with Crippen molar-refractivity contribution in [1.29, 1.82) is 10.8 Å². The van der Waals surface area contributed by atoms with E-state index in [0.717, 1.165) is 65.8 Å². The zero-order valence-electron chi connectivity index (χ0n) is 39.8. The second-order valence-electron chi connectivity index (χ2n) is 15.9. The molecule has 1 saturated heterocycles. The molecule has 5 aromatic rings. The molecular weight excluding hydrogens is 1040 g/mol. The number of halogens is 6. The van der Waals surface area contributed by atoms with Gasteiger partial charge in [0.2, 0.25) is 11.8 Å². The molecule has 0 saturated carbocycles. The van der Waals surface area contributed by atoms with Crippen molar-refractivity contribution >= 4 is 134 Å². The van der Waals surface area contributed by atoms with Crippen LogP contribution in [-0.4, -0.2) is 57.8 Å². The fraction of sp³-hybridized carbons (Fsp3) is 0.294. The summed E-state index contributed by atoms with van der Waals surface area (Å²) >= 11 is 34.6. The van der Waals surface area contributed by atoms with Crippen LogP contribution in [0.1, 0.15) is 81.1 Å². The highest BCUT2D eigenvalue weighted by Gasteiger charge is 2.39. The number of nitrogens with one attached hydrogen (secondary N) is 3. The first-order valence-electron chi connectivity index (χ1n) is 21.8. The van der Waals surface area contributed by atoms with Crippen molar-refractivity contribution < 1.29 is 20.1 Å². The Morgan fingerprint density at radius 3 is 1.74 bits per heavy atom. The molecule has 2 aliphatic rings. The van der Waals surface area contributed by atoms with Gasteiger partial charge in [-0.05, 0) is 140 Å². The third-order valence-corrected chi connectivity index (χ3v) is 13.3. The monoisotopic (exact) mass is 1090 g/mol. The van der Waals surface area contributed by atoms with E-state index in [1.807, 2.05) is 119 Å². The summed E-state index contributed by atoms with van der Waals surface area (Å²) in [6.07, 6.45) is 5.71. The third kappa shape index (κ3) is 19.8. The van der Waals surface area contributed by atoms with Crippen molar-refractivity contribution in [2.75, 3.05) is 13.4 Å². The fourth-order valence-electron chi connectivity index (χ4n) is 6.75. The van der Waals surface area contributed by atoms with E-state index in [0.29, 0.717) is 76.4 Å². The van der Waals surface area contributed by atoms with Crippen molar-refractivity contribution in [3.63, 3.8) is 0 Å². The van der Waals surface area contributed by atoms with Crippen LogP contribution in [0.3, 0.4) is 0 Å². The molecule has 5 aromatic carbocycles. The lowest BCUT2D eigenvalue weighted by Crippen LogP contribution is -2.52. The Morgan fingerprint density at radius 1 is 0.797 bits per heavy atom. The van der Waals surface area contributed by atoms with E-state index in [-0.39, 0.29) is 30.6 Å². The van der Waals surface area contributed by atoms with Crippen molar-refractivity contribution in [1.82, 2.24) is 10.2 Å². The van der Waals surface area contributed by atoms with E-state index < -0.39 is 19.1 Å². The Bertz CT molecular complexity index is 2680. The quantitative estimate of drug-likeness (QED) is 0.0445. The number of hydrogen-bond donors (Lipinski definition) is 4. The Hall–Kier alpha value is -4.31. The van der Waals surface area contributed by atoms with Crippen molar-refractivity contribution in [2.45, 2.75) is 85.2 Å². The number of nitrogens with zero attached hydrogens (tertiary/aromatic N) is 2. The van der Waals surface area contributed by atoms with Gasteiger partial charge in [0, 0.05) is 76.0 Å². The zero-order valence-corrected chi connectivity index (χ0v) is 45.1. The molecule has 0 spiro atoms. The van der Waals surface area contributed by atoms with Crippen LogP contribution in [0.25, 0.3) is 0 Å². The highest BCUT2D eigenvalue weighted by Crippen LogP contribution is 2.29. The van der Waals surface area contributed by atoms with Crippen molar-refractivity contribution in [3.05, 3.63) is 167 Å². The Kier molecular flexibility index (Phi) is 26.0. The van der Waals surface area contributed by atoms with E-state index in [9.17, 15) is 18.8 Å². The number of rotatable bonds is 11. The minimum Gasteiger partial charge on any atom is -0.393 e. The molecular formula is C51H56Cl5FN6O3S3. The van der Waals surface area contributed by atoms with Crippen LogP contribution in [0.4, 0.5) is 10.1 Å². The highest BCUT2D eigenvalue weighted by atomic mass is 35.5. The summed E-state index contributed by atoms with van der Waals surface area (Å²) in [5.41, 5.74) is 16.8. The molecule has 1 atom stereocenters. The van der Waals surface area contributed by atoms with E-state index in [2.05, 4.69) is 22.1 Å². The molecule has 1 fully saturated rings. The minimum atomic E-state index is -1.00. The Balaban J connectivity index is 0.000000356. The van der Waals surface area contributed by atoms with Crippen LogP contribution in [0.2, 0.25) is 20.1 Å². The Labute approximate surface area is 447 Å². The van der Waals surface area contributed by atoms with Gasteiger partial charge in [-0.2, -0.15) is 4.36 Å². The van der Waals surface area contributed by atoms with Gasteiger partial charge in [-0.1, -0.05) is 113 Å². The van der Waals surface area contributed by atoms with Gasteiger partial charge >= 0.3 is 0 Å². The molecule has 69 heavy (non-hydrogen) atoms. The van der Waals surface area contributed by atoms with Crippen LogP contribution in [-0.2, 0) is 54.2 Å². The molecule has 3 amide bonds. The summed E-state index contributed by atoms with van der Waals surface area (Å²) in [6.45, 7) is 8.21. The van der Waals surface area contributed by atoms with Gasteiger partial charge in [-0.25, -0.2) is 0 Å². The molecule has 2 aliphatic heterocycles. The Morgan fingerprint density at radius 2 is 1.28 bits per heavy atom. The third-order valence-electron chi connectivity index (χ3n) is 10.7. The molecule has 7 rings (SSSR count). The topological polar surface area (TPSA) is 153 Å². The van der Waals surface area contributed by atoms with Crippen LogP contribution >= 0.6 is 82.8 Å². The van der Waals surface area contributed by atoms with Crippen LogP contribution in [0, 0.1) is 38.5 Å². The second-order valence-corrected chi connectivity index (χ2v) is 19.1. The number of fused-ring (bicyclic) bond motifs is 1.